The minimum atomic E-state index is -4.44. The van der Waals surface area contributed by atoms with Crippen molar-refractivity contribution in [2.75, 3.05) is 0 Å². The van der Waals surface area contributed by atoms with Gasteiger partial charge in [0.05, 0.1) is 13.0 Å². The number of nitrogens with two attached hydrogens (primary N) is 1. The van der Waals surface area contributed by atoms with Crippen molar-refractivity contribution in [1.82, 2.24) is 4.72 Å². The van der Waals surface area contributed by atoms with Crippen molar-refractivity contribution in [3.8, 4) is 0 Å². The molecule has 3 N–H and O–H groups in total. The highest BCUT2D eigenvalue weighted by atomic mass is 32.2. The van der Waals surface area contributed by atoms with Gasteiger partial charge in [0.2, 0.25) is 5.09 Å². The Morgan fingerprint density at radius 2 is 2.06 bits per heavy atom. The average molecular weight is 286 g/mol. The molecule has 1 aromatic heterocycles. The first-order valence-electron chi connectivity index (χ1n) is 5.02. The van der Waals surface area contributed by atoms with Crippen LogP contribution in [-0.2, 0) is 16.6 Å². The van der Waals surface area contributed by atoms with E-state index < -0.39 is 33.8 Å². The first-order chi connectivity index (χ1) is 8.14. The monoisotopic (exact) mass is 286 g/mol. The molecule has 0 aromatic carbocycles. The van der Waals surface area contributed by atoms with Gasteiger partial charge < -0.3 is 10.2 Å². The van der Waals surface area contributed by atoms with Gasteiger partial charge in [0, 0.05) is 6.04 Å². The predicted molar refractivity (Wildman–Crippen MR) is 57.1 cm³/mol. The van der Waals surface area contributed by atoms with Crippen LogP contribution in [0, 0.1) is 0 Å². The van der Waals surface area contributed by atoms with Crippen LogP contribution in [-0.4, -0.2) is 20.6 Å². The van der Waals surface area contributed by atoms with Crippen LogP contribution in [0.1, 0.15) is 19.1 Å². The van der Waals surface area contributed by atoms with Crippen LogP contribution in [0.25, 0.3) is 0 Å². The molecule has 18 heavy (non-hydrogen) atoms. The molecular weight excluding hydrogens is 273 g/mol. The van der Waals surface area contributed by atoms with E-state index in [9.17, 15) is 21.6 Å². The number of furan rings is 1. The molecule has 5 nitrogen and oxygen atoms in total. The molecule has 0 aliphatic rings. The van der Waals surface area contributed by atoms with Crippen LogP contribution in [0.4, 0.5) is 13.2 Å². The lowest BCUT2D eigenvalue weighted by Crippen LogP contribution is -2.35. The lowest BCUT2D eigenvalue weighted by molar-refractivity contribution is -0.137. The summed E-state index contributed by atoms with van der Waals surface area (Å²) in [5, 5.41) is -0.447. The molecule has 0 saturated heterocycles. The molecule has 1 heterocycles. The molecule has 0 radical (unpaired) electrons. The Kier molecular flexibility index (Phi) is 4.41. The topological polar surface area (TPSA) is 85.3 Å². The summed E-state index contributed by atoms with van der Waals surface area (Å²) in [6.45, 7) is 1.13. The maximum atomic E-state index is 12.1. The largest absolute Gasteiger partial charge is 0.447 e. The smallest absolute Gasteiger partial charge is 0.390 e. The number of alkyl halides is 3. The molecular formula is C9H13F3N2O3S. The molecule has 1 rings (SSSR count). The third-order valence-corrected chi connectivity index (χ3v) is 3.46. The van der Waals surface area contributed by atoms with Crippen molar-refractivity contribution in [3.63, 3.8) is 0 Å². The van der Waals surface area contributed by atoms with Crippen molar-refractivity contribution in [2.24, 2.45) is 5.73 Å². The number of sulfonamides is 1. The summed E-state index contributed by atoms with van der Waals surface area (Å²) in [5.41, 5.74) is 5.23. The lowest BCUT2D eigenvalue weighted by Gasteiger charge is -2.14. The van der Waals surface area contributed by atoms with Crippen molar-refractivity contribution in [3.05, 3.63) is 17.9 Å². The summed E-state index contributed by atoms with van der Waals surface area (Å²) in [6.07, 6.45) is -5.69. The average Bonchev–Trinajstić information content (AvgIpc) is 2.61. The Morgan fingerprint density at radius 1 is 1.44 bits per heavy atom. The van der Waals surface area contributed by atoms with Gasteiger partial charge in [0.25, 0.3) is 10.0 Å². The molecule has 0 aliphatic carbocycles. The normalized spacial score (nSPS) is 14.7. The molecule has 0 saturated carbocycles. The summed E-state index contributed by atoms with van der Waals surface area (Å²) in [4.78, 5) is 0. The van der Waals surface area contributed by atoms with Gasteiger partial charge in [-0.25, -0.2) is 13.1 Å². The van der Waals surface area contributed by atoms with E-state index in [0.29, 0.717) is 0 Å². The van der Waals surface area contributed by atoms with E-state index in [0.717, 1.165) is 13.0 Å². The maximum Gasteiger partial charge on any atom is 0.390 e. The van der Waals surface area contributed by atoms with E-state index in [1.807, 2.05) is 4.72 Å². The van der Waals surface area contributed by atoms with Crippen LogP contribution in [0.2, 0.25) is 0 Å². The quantitative estimate of drug-likeness (QED) is 0.855. The molecule has 0 fully saturated rings. The predicted octanol–water partition coefficient (Wildman–Crippen LogP) is 1.36. The van der Waals surface area contributed by atoms with Crippen molar-refractivity contribution in [2.45, 2.75) is 37.2 Å². The fourth-order valence-electron chi connectivity index (χ4n) is 1.32. The zero-order valence-corrected chi connectivity index (χ0v) is 10.3. The van der Waals surface area contributed by atoms with Gasteiger partial charge in [0.15, 0.2) is 0 Å². The molecule has 0 aliphatic heterocycles. The van der Waals surface area contributed by atoms with Crippen LogP contribution in [0.3, 0.4) is 0 Å². The van der Waals surface area contributed by atoms with E-state index in [4.69, 9.17) is 10.2 Å². The van der Waals surface area contributed by atoms with E-state index in [2.05, 4.69) is 0 Å². The Labute approximate surface area is 102 Å². The molecule has 104 valence electrons. The summed E-state index contributed by atoms with van der Waals surface area (Å²) >= 11 is 0. The third kappa shape index (κ3) is 4.31. The molecule has 0 spiro atoms. The third-order valence-electron chi connectivity index (χ3n) is 2.00. The zero-order chi connectivity index (χ0) is 14.0. The second-order valence-corrected chi connectivity index (χ2v) is 5.41. The molecule has 9 heteroatoms. The van der Waals surface area contributed by atoms with E-state index >= 15 is 0 Å². The summed E-state index contributed by atoms with van der Waals surface area (Å²) in [6, 6.07) is 1.22. The Balaban J connectivity index is 2.76. The lowest BCUT2D eigenvalue weighted by atomic mass is 10.2. The van der Waals surface area contributed by atoms with Crippen molar-refractivity contribution < 1.29 is 26.0 Å². The van der Waals surface area contributed by atoms with E-state index in [-0.39, 0.29) is 12.3 Å². The van der Waals surface area contributed by atoms with Gasteiger partial charge in [-0.15, -0.1) is 0 Å². The second kappa shape index (κ2) is 5.29. The maximum absolute atomic E-state index is 12.1. The summed E-state index contributed by atoms with van der Waals surface area (Å²) in [5.74, 6) is 0.235. The number of rotatable bonds is 5. The van der Waals surface area contributed by atoms with Crippen LogP contribution in [0.15, 0.2) is 21.6 Å². The molecule has 1 aromatic rings. The van der Waals surface area contributed by atoms with Gasteiger partial charge in [-0.3, -0.25) is 0 Å². The first kappa shape index (κ1) is 15.0. The summed E-state index contributed by atoms with van der Waals surface area (Å²) < 4.78 is 66.2. The van der Waals surface area contributed by atoms with E-state index in [1.54, 1.807) is 0 Å². The molecule has 1 atom stereocenters. The minimum absolute atomic E-state index is 0.00756. The van der Waals surface area contributed by atoms with Gasteiger partial charge >= 0.3 is 6.18 Å². The number of nitrogens with one attached hydrogen (secondary N) is 1. The zero-order valence-electron chi connectivity index (χ0n) is 9.49. The van der Waals surface area contributed by atoms with Gasteiger partial charge in [-0.2, -0.15) is 13.2 Å². The SMILES string of the molecule is CC(CC(F)(F)F)NS(=O)(=O)c1ccc(CN)o1. The van der Waals surface area contributed by atoms with Gasteiger partial charge in [0.1, 0.15) is 5.76 Å². The fourth-order valence-corrected chi connectivity index (χ4v) is 2.52. The minimum Gasteiger partial charge on any atom is -0.447 e. The number of hydrogen-bond acceptors (Lipinski definition) is 4. The van der Waals surface area contributed by atoms with Crippen LogP contribution < -0.4 is 10.5 Å². The summed E-state index contributed by atoms with van der Waals surface area (Å²) in [7, 11) is -4.09. The second-order valence-electron chi connectivity index (χ2n) is 3.77. The molecule has 0 bridgehead atoms. The Hall–Kier alpha value is -1.06. The highest BCUT2D eigenvalue weighted by Gasteiger charge is 2.32. The van der Waals surface area contributed by atoms with Gasteiger partial charge in [-0.1, -0.05) is 0 Å². The number of hydrogen-bond donors (Lipinski definition) is 2. The highest BCUT2D eigenvalue weighted by molar-refractivity contribution is 7.89. The Morgan fingerprint density at radius 3 is 2.50 bits per heavy atom. The molecule has 0 amide bonds. The van der Waals surface area contributed by atoms with Crippen LogP contribution in [0.5, 0.6) is 0 Å². The van der Waals surface area contributed by atoms with Crippen LogP contribution >= 0.6 is 0 Å². The number of halogens is 3. The fraction of sp³-hybridized carbons (Fsp3) is 0.556. The molecule has 1 unspecified atom stereocenters. The standard InChI is InChI=1S/C9H13F3N2O3S/c1-6(4-9(10,11)12)14-18(15,16)8-3-2-7(5-13)17-8/h2-3,6,14H,4-5,13H2,1H3. The van der Waals surface area contributed by atoms with Crippen molar-refractivity contribution in [1.29, 1.82) is 0 Å². The highest BCUT2D eigenvalue weighted by Crippen LogP contribution is 2.22. The Bertz CT molecular complexity index is 495. The van der Waals surface area contributed by atoms with Gasteiger partial charge in [-0.05, 0) is 19.1 Å². The van der Waals surface area contributed by atoms with E-state index in [1.165, 1.54) is 6.07 Å². The van der Waals surface area contributed by atoms with Crippen molar-refractivity contribution >= 4 is 10.0 Å². The first-order valence-corrected chi connectivity index (χ1v) is 6.50.